The second-order valence-corrected chi connectivity index (χ2v) is 16.2. The summed E-state index contributed by atoms with van der Waals surface area (Å²) in [7, 11) is -4.52. The minimum Gasteiger partial charge on any atom is -0.457 e. The van der Waals surface area contributed by atoms with Gasteiger partial charge in [0.2, 0.25) is 0 Å². The van der Waals surface area contributed by atoms with Crippen LogP contribution in [0.1, 0.15) is 187 Å². The largest absolute Gasteiger partial charge is 0.472 e. The van der Waals surface area contributed by atoms with Crippen molar-refractivity contribution >= 4 is 13.8 Å². The van der Waals surface area contributed by atoms with Crippen LogP contribution in [0, 0.1) is 0 Å². The maximum atomic E-state index is 12.6. The Hall–Kier alpha value is -1.58. The molecule has 0 fully saturated rings. The van der Waals surface area contributed by atoms with E-state index >= 15 is 0 Å². The van der Waals surface area contributed by atoms with Crippen LogP contribution in [-0.4, -0.2) is 66.3 Å². The first kappa shape index (κ1) is 53.4. The molecular formula is C45H83O9P. The van der Waals surface area contributed by atoms with Crippen LogP contribution < -0.4 is 0 Å². The van der Waals surface area contributed by atoms with Gasteiger partial charge in [-0.3, -0.25) is 13.8 Å². The van der Waals surface area contributed by atoms with Crippen LogP contribution >= 0.6 is 7.82 Å². The Kier molecular flexibility index (Phi) is 40.8. The fourth-order valence-electron chi connectivity index (χ4n) is 5.83. The highest BCUT2D eigenvalue weighted by atomic mass is 31.2. The quantitative estimate of drug-likeness (QED) is 0.0239. The molecule has 322 valence electrons. The molecule has 0 aliphatic carbocycles. The molecule has 0 amide bonds. The first-order valence-electron chi connectivity index (χ1n) is 22.1. The van der Waals surface area contributed by atoms with E-state index in [4.69, 9.17) is 23.6 Å². The molecule has 0 bridgehead atoms. The van der Waals surface area contributed by atoms with Gasteiger partial charge in [0.05, 0.1) is 26.4 Å². The van der Waals surface area contributed by atoms with E-state index in [-0.39, 0.29) is 19.6 Å². The third-order valence-electron chi connectivity index (χ3n) is 9.24. The summed E-state index contributed by atoms with van der Waals surface area (Å²) in [5.41, 5.74) is 0. The van der Waals surface area contributed by atoms with E-state index in [1.165, 1.54) is 89.9 Å². The van der Waals surface area contributed by atoms with Crippen molar-refractivity contribution in [1.82, 2.24) is 0 Å². The van der Waals surface area contributed by atoms with Gasteiger partial charge in [-0.05, 0) is 77.0 Å². The van der Waals surface area contributed by atoms with E-state index in [1.54, 1.807) is 0 Å². The second kappa shape index (κ2) is 42.0. The molecule has 3 N–H and O–H groups in total. The Bertz CT molecular complexity index is 997. The van der Waals surface area contributed by atoms with Gasteiger partial charge in [0.25, 0.3) is 0 Å². The molecule has 9 nitrogen and oxygen atoms in total. The number of unbranched alkanes of at least 4 members (excludes halogenated alkanes) is 20. The van der Waals surface area contributed by atoms with Crippen molar-refractivity contribution in [1.29, 1.82) is 0 Å². The maximum Gasteiger partial charge on any atom is 0.472 e. The molecule has 0 radical (unpaired) electrons. The number of ether oxygens (including phenoxy) is 2. The van der Waals surface area contributed by atoms with Crippen molar-refractivity contribution in [2.45, 2.75) is 199 Å². The summed E-state index contributed by atoms with van der Waals surface area (Å²) < 4.78 is 33.3. The standard InChI is InChI=1S/C45H83O9P/c1-3-5-7-9-11-13-15-17-18-19-20-21-22-23-24-25-26-28-30-32-34-36-38-51-41-44(42-53-55(49,50)52-40-43(47)39-46)54-45(48)37-35-33-31-29-27-16-14-12-10-8-6-4-2/h12,14-15,17,19-20,22-23,43-44,46-47H,3-11,13,16,18,21,24-42H2,1-2H3,(H,49,50)/b14-12-,17-15-,20-19-,23-22-. The van der Waals surface area contributed by atoms with E-state index in [0.29, 0.717) is 13.0 Å². The molecule has 0 aliphatic rings. The molecule has 0 spiro atoms. The Balaban J connectivity index is 4.14. The maximum absolute atomic E-state index is 12.6. The lowest BCUT2D eigenvalue weighted by molar-refractivity contribution is -0.154. The lowest BCUT2D eigenvalue weighted by Gasteiger charge is -2.20. The van der Waals surface area contributed by atoms with E-state index in [2.05, 4.69) is 62.5 Å². The van der Waals surface area contributed by atoms with Crippen LogP contribution in [0.5, 0.6) is 0 Å². The van der Waals surface area contributed by atoms with Crippen molar-refractivity contribution < 1.29 is 43.0 Å². The number of aliphatic hydroxyl groups is 2. The topological polar surface area (TPSA) is 132 Å². The van der Waals surface area contributed by atoms with E-state index in [9.17, 15) is 19.4 Å². The average Bonchev–Trinajstić information content (AvgIpc) is 3.18. The van der Waals surface area contributed by atoms with Crippen LogP contribution in [0.3, 0.4) is 0 Å². The molecule has 10 heteroatoms. The summed E-state index contributed by atoms with van der Waals surface area (Å²) in [6.45, 7) is 3.44. The number of hydrogen-bond donors (Lipinski definition) is 3. The Labute approximate surface area is 337 Å². The molecule has 0 saturated heterocycles. The van der Waals surface area contributed by atoms with Gasteiger partial charge in [0, 0.05) is 13.0 Å². The number of carbonyl (C=O) groups is 1. The molecule has 0 saturated carbocycles. The molecule has 55 heavy (non-hydrogen) atoms. The minimum atomic E-state index is -4.52. The second-order valence-electron chi connectivity index (χ2n) is 14.7. The number of carbonyl (C=O) groups excluding carboxylic acids is 1. The number of phosphoric ester groups is 1. The third kappa shape index (κ3) is 41.9. The molecule has 3 atom stereocenters. The first-order valence-corrected chi connectivity index (χ1v) is 23.6. The van der Waals surface area contributed by atoms with Crippen LogP contribution in [0.2, 0.25) is 0 Å². The smallest absolute Gasteiger partial charge is 0.457 e. The zero-order chi connectivity index (χ0) is 40.3. The zero-order valence-electron chi connectivity index (χ0n) is 35.1. The summed E-state index contributed by atoms with van der Waals surface area (Å²) in [5.74, 6) is -0.397. The van der Waals surface area contributed by atoms with Gasteiger partial charge in [0.15, 0.2) is 0 Å². The van der Waals surface area contributed by atoms with Crippen molar-refractivity contribution in [3.05, 3.63) is 48.6 Å². The third-order valence-corrected chi connectivity index (χ3v) is 10.2. The number of phosphoric acid groups is 1. The van der Waals surface area contributed by atoms with Crippen LogP contribution in [0.4, 0.5) is 0 Å². The Morgan fingerprint density at radius 1 is 0.564 bits per heavy atom. The lowest BCUT2D eigenvalue weighted by Crippen LogP contribution is -2.29. The molecule has 3 unspecified atom stereocenters. The molecular weight excluding hydrogens is 715 g/mol. The van der Waals surface area contributed by atoms with E-state index in [1.807, 2.05) is 0 Å². The molecule has 0 rings (SSSR count). The SMILES string of the molecule is CCCCC/C=C\CCCCCCCC(=O)OC(COCCCCCCCCC/C=C\C/C=C\C/C=C\CCCCCCC)COP(=O)(O)OCC(O)CO. The van der Waals surface area contributed by atoms with Gasteiger partial charge >= 0.3 is 13.8 Å². The van der Waals surface area contributed by atoms with E-state index < -0.39 is 39.2 Å². The van der Waals surface area contributed by atoms with Gasteiger partial charge < -0.3 is 24.6 Å². The predicted molar refractivity (Wildman–Crippen MR) is 228 cm³/mol. The summed E-state index contributed by atoms with van der Waals surface area (Å²) >= 11 is 0. The number of aliphatic hydroxyl groups excluding tert-OH is 2. The molecule has 0 heterocycles. The number of esters is 1. The summed E-state index contributed by atoms with van der Waals surface area (Å²) in [4.78, 5) is 22.5. The highest BCUT2D eigenvalue weighted by molar-refractivity contribution is 7.47. The molecule has 0 aromatic heterocycles. The monoisotopic (exact) mass is 799 g/mol. The highest BCUT2D eigenvalue weighted by Crippen LogP contribution is 2.43. The summed E-state index contributed by atoms with van der Waals surface area (Å²) in [6.07, 6.45) is 46.4. The van der Waals surface area contributed by atoms with Gasteiger partial charge in [-0.1, -0.05) is 152 Å². The van der Waals surface area contributed by atoms with Crippen molar-refractivity contribution in [2.24, 2.45) is 0 Å². The Morgan fingerprint density at radius 2 is 0.982 bits per heavy atom. The van der Waals surface area contributed by atoms with Crippen LogP contribution in [0.25, 0.3) is 0 Å². The Morgan fingerprint density at radius 3 is 1.53 bits per heavy atom. The first-order chi connectivity index (χ1) is 26.8. The van der Waals surface area contributed by atoms with Crippen molar-refractivity contribution in [3.63, 3.8) is 0 Å². The zero-order valence-corrected chi connectivity index (χ0v) is 36.0. The van der Waals surface area contributed by atoms with Gasteiger partial charge in [0.1, 0.15) is 12.2 Å². The highest BCUT2D eigenvalue weighted by Gasteiger charge is 2.26. The molecule has 0 aromatic rings. The lowest BCUT2D eigenvalue weighted by atomic mass is 10.1. The fraction of sp³-hybridized carbons (Fsp3) is 0.800. The summed E-state index contributed by atoms with van der Waals surface area (Å²) in [6, 6.07) is 0. The number of allylic oxidation sites excluding steroid dienone is 8. The van der Waals surface area contributed by atoms with Gasteiger partial charge in [-0.2, -0.15) is 0 Å². The summed E-state index contributed by atoms with van der Waals surface area (Å²) in [5, 5.41) is 18.3. The fourth-order valence-corrected chi connectivity index (χ4v) is 6.62. The van der Waals surface area contributed by atoms with E-state index in [0.717, 1.165) is 70.6 Å². The molecule has 0 aromatic carbocycles. The van der Waals surface area contributed by atoms with Crippen LogP contribution in [0.15, 0.2) is 48.6 Å². The normalized spacial score (nSPS) is 14.5. The molecule has 0 aliphatic heterocycles. The van der Waals surface area contributed by atoms with Crippen molar-refractivity contribution in [3.8, 4) is 0 Å². The number of rotatable bonds is 42. The number of hydrogen-bond acceptors (Lipinski definition) is 8. The van der Waals surface area contributed by atoms with Crippen molar-refractivity contribution in [2.75, 3.05) is 33.0 Å². The predicted octanol–water partition coefficient (Wildman–Crippen LogP) is 12.2. The average molecular weight is 799 g/mol. The van der Waals surface area contributed by atoms with Gasteiger partial charge in [-0.25, -0.2) is 4.57 Å². The van der Waals surface area contributed by atoms with Crippen LogP contribution in [-0.2, 0) is 27.9 Å². The van der Waals surface area contributed by atoms with Gasteiger partial charge in [-0.15, -0.1) is 0 Å². The minimum absolute atomic E-state index is 0.0383.